The van der Waals surface area contributed by atoms with Gasteiger partial charge in [0.25, 0.3) is 5.92 Å². The third kappa shape index (κ3) is 4.56. The Kier molecular flexibility index (Phi) is 5.01. The van der Waals surface area contributed by atoms with Crippen molar-refractivity contribution in [3.63, 3.8) is 0 Å². The number of amides is 2. The summed E-state index contributed by atoms with van der Waals surface area (Å²) >= 11 is 0. The molecule has 18 heavy (non-hydrogen) atoms. The van der Waals surface area contributed by atoms with Crippen LogP contribution in [0.25, 0.3) is 0 Å². The van der Waals surface area contributed by atoms with Crippen molar-refractivity contribution in [3.8, 4) is 0 Å². The lowest BCUT2D eigenvalue weighted by atomic mass is 10.2. The van der Waals surface area contributed by atoms with E-state index in [1.807, 2.05) is 0 Å². The van der Waals surface area contributed by atoms with Crippen LogP contribution >= 0.6 is 0 Å². The lowest BCUT2D eigenvalue weighted by Gasteiger charge is -2.12. The van der Waals surface area contributed by atoms with Crippen LogP contribution in [0, 0.1) is 5.92 Å². The largest absolute Gasteiger partial charge is 0.354 e. The highest BCUT2D eigenvalue weighted by atomic mass is 19.3. The molecule has 1 fully saturated rings. The lowest BCUT2D eigenvalue weighted by Crippen LogP contribution is -2.43. The van der Waals surface area contributed by atoms with E-state index < -0.39 is 30.8 Å². The number of alkyl halides is 2. The average molecular weight is 263 g/mol. The monoisotopic (exact) mass is 263 g/mol. The number of rotatable bonds is 5. The van der Waals surface area contributed by atoms with E-state index in [2.05, 4.69) is 16.0 Å². The molecule has 1 saturated heterocycles. The smallest absolute Gasteiger partial charge is 0.262 e. The summed E-state index contributed by atoms with van der Waals surface area (Å²) in [4.78, 5) is 22.7. The molecule has 5 nitrogen and oxygen atoms in total. The Bertz CT molecular complexity index is 321. The Morgan fingerprint density at radius 2 is 1.94 bits per heavy atom. The predicted molar refractivity (Wildman–Crippen MR) is 62.2 cm³/mol. The molecular formula is C11H19F2N3O2. The number of halogens is 2. The van der Waals surface area contributed by atoms with Gasteiger partial charge in [-0.3, -0.25) is 14.9 Å². The van der Waals surface area contributed by atoms with E-state index in [0.717, 1.165) is 0 Å². The molecular weight excluding hydrogens is 244 g/mol. The zero-order chi connectivity index (χ0) is 13.8. The topological polar surface area (TPSA) is 70.2 Å². The van der Waals surface area contributed by atoms with Crippen molar-refractivity contribution in [1.29, 1.82) is 0 Å². The first-order valence-electron chi connectivity index (χ1n) is 5.98. The second kappa shape index (κ2) is 6.08. The maximum atomic E-state index is 12.8. The Morgan fingerprint density at radius 1 is 1.33 bits per heavy atom. The fourth-order valence-electron chi connectivity index (χ4n) is 1.60. The minimum absolute atomic E-state index is 0.102. The van der Waals surface area contributed by atoms with Crippen LogP contribution in [0.5, 0.6) is 0 Å². The van der Waals surface area contributed by atoms with Crippen molar-refractivity contribution in [2.75, 3.05) is 19.6 Å². The van der Waals surface area contributed by atoms with Gasteiger partial charge in [-0.05, 0) is 0 Å². The summed E-state index contributed by atoms with van der Waals surface area (Å²) in [5.41, 5.74) is 0. The van der Waals surface area contributed by atoms with Crippen LogP contribution in [-0.4, -0.2) is 43.4 Å². The summed E-state index contributed by atoms with van der Waals surface area (Å²) in [5, 5.41) is 7.59. The first-order valence-corrected chi connectivity index (χ1v) is 5.98. The second-order valence-corrected chi connectivity index (χ2v) is 4.73. The number of carbonyl (C=O) groups is 2. The van der Waals surface area contributed by atoms with Crippen molar-refractivity contribution < 1.29 is 18.4 Å². The highest BCUT2D eigenvalue weighted by molar-refractivity contribution is 5.82. The molecule has 2 amide bonds. The zero-order valence-corrected chi connectivity index (χ0v) is 10.6. The van der Waals surface area contributed by atoms with Gasteiger partial charge < -0.3 is 10.6 Å². The van der Waals surface area contributed by atoms with E-state index >= 15 is 0 Å². The zero-order valence-electron chi connectivity index (χ0n) is 10.6. The second-order valence-electron chi connectivity index (χ2n) is 4.73. The van der Waals surface area contributed by atoms with Crippen molar-refractivity contribution in [2.45, 2.75) is 32.2 Å². The van der Waals surface area contributed by atoms with Crippen LogP contribution in [0.3, 0.4) is 0 Å². The Labute approximate surface area is 105 Å². The van der Waals surface area contributed by atoms with E-state index in [1.165, 1.54) is 0 Å². The van der Waals surface area contributed by atoms with E-state index in [-0.39, 0.29) is 18.4 Å². The van der Waals surface area contributed by atoms with Gasteiger partial charge in [0.2, 0.25) is 11.8 Å². The molecule has 0 saturated carbocycles. The fourth-order valence-corrected chi connectivity index (χ4v) is 1.60. The van der Waals surface area contributed by atoms with Gasteiger partial charge in [0.05, 0.1) is 12.6 Å². The van der Waals surface area contributed by atoms with E-state index in [9.17, 15) is 18.4 Å². The molecule has 7 heteroatoms. The Hall–Kier alpha value is -1.24. The van der Waals surface area contributed by atoms with E-state index in [4.69, 9.17) is 0 Å². The number of hydrogen-bond acceptors (Lipinski definition) is 3. The first kappa shape index (κ1) is 14.8. The number of carbonyl (C=O) groups excluding carboxylic acids is 2. The third-order valence-corrected chi connectivity index (χ3v) is 2.67. The lowest BCUT2D eigenvalue weighted by molar-refractivity contribution is -0.125. The molecule has 1 heterocycles. The third-order valence-electron chi connectivity index (χ3n) is 2.67. The predicted octanol–water partition coefficient (Wildman–Crippen LogP) is -0.128. The molecule has 104 valence electrons. The van der Waals surface area contributed by atoms with Crippen molar-refractivity contribution in [1.82, 2.24) is 16.0 Å². The standard InChI is InChI=1S/C11H19F2N3O2/c1-7(2)9(17)14-3-4-15-10(18)8-5-11(12,13)6-16-8/h7-8,16H,3-6H2,1-2H3,(H,14,17)(H,15,18). The molecule has 0 radical (unpaired) electrons. The summed E-state index contributed by atoms with van der Waals surface area (Å²) in [5.74, 6) is -3.48. The van der Waals surface area contributed by atoms with Gasteiger partial charge >= 0.3 is 0 Å². The van der Waals surface area contributed by atoms with Crippen LogP contribution in [0.1, 0.15) is 20.3 Å². The molecule has 0 bridgehead atoms. The normalized spacial score (nSPS) is 21.9. The van der Waals surface area contributed by atoms with Crippen molar-refractivity contribution in [3.05, 3.63) is 0 Å². The highest BCUT2D eigenvalue weighted by Crippen LogP contribution is 2.24. The number of hydrogen-bond donors (Lipinski definition) is 3. The SMILES string of the molecule is CC(C)C(=O)NCCNC(=O)C1CC(F)(F)CN1. The van der Waals surface area contributed by atoms with Crippen LogP contribution in [-0.2, 0) is 9.59 Å². The molecule has 3 N–H and O–H groups in total. The summed E-state index contributed by atoms with van der Waals surface area (Å²) in [6.07, 6.45) is -0.475. The van der Waals surface area contributed by atoms with Gasteiger partial charge in [0, 0.05) is 25.4 Å². The van der Waals surface area contributed by atoms with Gasteiger partial charge in [-0.15, -0.1) is 0 Å². The maximum Gasteiger partial charge on any atom is 0.262 e. The maximum absolute atomic E-state index is 12.8. The summed E-state index contributed by atoms with van der Waals surface area (Å²) in [6.45, 7) is 3.60. The van der Waals surface area contributed by atoms with Gasteiger partial charge in [-0.25, -0.2) is 8.78 Å². The minimum Gasteiger partial charge on any atom is -0.354 e. The molecule has 1 atom stereocenters. The quantitative estimate of drug-likeness (QED) is 0.605. The molecule has 1 unspecified atom stereocenters. The molecule has 0 aromatic carbocycles. The van der Waals surface area contributed by atoms with Gasteiger partial charge in [0.15, 0.2) is 0 Å². The van der Waals surface area contributed by atoms with E-state index in [0.29, 0.717) is 6.54 Å². The minimum atomic E-state index is -2.81. The fraction of sp³-hybridized carbons (Fsp3) is 0.818. The van der Waals surface area contributed by atoms with Gasteiger partial charge in [-0.1, -0.05) is 13.8 Å². The molecule has 0 spiro atoms. The number of nitrogens with one attached hydrogen (secondary N) is 3. The van der Waals surface area contributed by atoms with Crippen molar-refractivity contribution >= 4 is 11.8 Å². The van der Waals surface area contributed by atoms with Crippen molar-refractivity contribution in [2.24, 2.45) is 5.92 Å². The van der Waals surface area contributed by atoms with Crippen LogP contribution in [0.4, 0.5) is 8.78 Å². The summed E-state index contributed by atoms with van der Waals surface area (Å²) in [6, 6.07) is -0.846. The van der Waals surface area contributed by atoms with E-state index in [1.54, 1.807) is 13.8 Å². The molecule has 0 aromatic heterocycles. The average Bonchev–Trinajstić information content (AvgIpc) is 2.64. The van der Waals surface area contributed by atoms with Crippen LogP contribution < -0.4 is 16.0 Å². The highest BCUT2D eigenvalue weighted by Gasteiger charge is 2.42. The van der Waals surface area contributed by atoms with Gasteiger partial charge in [0.1, 0.15) is 0 Å². The Balaban J connectivity index is 2.17. The molecule has 1 rings (SSSR count). The molecule has 0 aliphatic carbocycles. The first-order chi connectivity index (χ1) is 8.32. The van der Waals surface area contributed by atoms with Gasteiger partial charge in [-0.2, -0.15) is 0 Å². The molecule has 1 aliphatic heterocycles. The molecule has 0 aromatic rings. The molecule has 1 aliphatic rings. The Morgan fingerprint density at radius 3 is 2.44 bits per heavy atom. The summed E-state index contributed by atoms with van der Waals surface area (Å²) < 4.78 is 25.7. The summed E-state index contributed by atoms with van der Waals surface area (Å²) in [7, 11) is 0. The van der Waals surface area contributed by atoms with Crippen LogP contribution in [0.2, 0.25) is 0 Å². The van der Waals surface area contributed by atoms with Crippen LogP contribution in [0.15, 0.2) is 0 Å².